The Kier molecular flexibility index (Phi) is 6.06. The maximum atomic E-state index is 4.48. The molecule has 0 atom stereocenters. The van der Waals surface area contributed by atoms with Gasteiger partial charge < -0.3 is 0 Å². The number of rotatable bonds is 5. The molecule has 1 nitrogen and oxygen atoms in total. The molecule has 0 aromatic carbocycles. The van der Waals surface area contributed by atoms with Gasteiger partial charge in [0.25, 0.3) is 0 Å². The summed E-state index contributed by atoms with van der Waals surface area (Å²) in [6.45, 7) is 7.62. The summed E-state index contributed by atoms with van der Waals surface area (Å²) in [7, 11) is 0. The maximum Gasteiger partial charge on any atom is 0.0240 e. The predicted octanol–water partition coefficient (Wildman–Crippen LogP) is 2.19. The molecular formula is C8H18N. The van der Waals surface area contributed by atoms with E-state index in [0.29, 0.717) is 6.04 Å². The van der Waals surface area contributed by atoms with Gasteiger partial charge in [0.2, 0.25) is 0 Å². The van der Waals surface area contributed by atoms with E-state index in [2.05, 4.69) is 26.1 Å². The zero-order valence-corrected chi connectivity index (χ0v) is 6.85. The summed E-state index contributed by atoms with van der Waals surface area (Å²) in [4.78, 5) is 0. The van der Waals surface area contributed by atoms with E-state index in [4.69, 9.17) is 0 Å². The van der Waals surface area contributed by atoms with E-state index in [9.17, 15) is 0 Å². The van der Waals surface area contributed by atoms with Crippen LogP contribution in [-0.4, -0.2) is 12.6 Å². The van der Waals surface area contributed by atoms with Gasteiger partial charge in [0.15, 0.2) is 0 Å². The topological polar surface area (TPSA) is 14.1 Å². The molecule has 0 rings (SSSR count). The fourth-order valence-corrected chi connectivity index (χ4v) is 0.859. The van der Waals surface area contributed by atoms with Gasteiger partial charge in [-0.05, 0) is 19.3 Å². The van der Waals surface area contributed by atoms with E-state index >= 15 is 0 Å². The van der Waals surface area contributed by atoms with Crippen LogP contribution in [0.4, 0.5) is 0 Å². The van der Waals surface area contributed by atoms with Crippen molar-refractivity contribution < 1.29 is 0 Å². The molecule has 0 aliphatic rings. The molecule has 1 radical (unpaired) electrons. The van der Waals surface area contributed by atoms with E-state index in [1.54, 1.807) is 0 Å². The molecule has 0 amide bonds. The van der Waals surface area contributed by atoms with Crippen molar-refractivity contribution in [2.24, 2.45) is 0 Å². The molecule has 0 spiro atoms. The number of nitrogens with zero attached hydrogens (tertiary/aromatic N) is 1. The van der Waals surface area contributed by atoms with Gasteiger partial charge in [-0.15, -0.1) is 0 Å². The Bertz CT molecular complexity index is 48.5. The molecule has 0 aliphatic carbocycles. The highest BCUT2D eigenvalue weighted by molar-refractivity contribution is 4.59. The molecule has 0 heterocycles. The van der Waals surface area contributed by atoms with Gasteiger partial charge in [-0.25, -0.2) is 5.32 Å². The monoisotopic (exact) mass is 128 g/mol. The van der Waals surface area contributed by atoms with E-state index in [1.165, 1.54) is 19.3 Å². The van der Waals surface area contributed by atoms with Gasteiger partial charge in [-0.2, -0.15) is 0 Å². The van der Waals surface area contributed by atoms with Gasteiger partial charge in [0, 0.05) is 12.6 Å². The van der Waals surface area contributed by atoms with Crippen LogP contribution in [0.3, 0.4) is 0 Å². The average Bonchev–Trinajstić information content (AvgIpc) is 1.91. The number of hydrogen-bond donors (Lipinski definition) is 0. The third kappa shape index (κ3) is 4.46. The summed E-state index contributed by atoms with van der Waals surface area (Å²) in [5.41, 5.74) is 0. The van der Waals surface area contributed by atoms with Gasteiger partial charge >= 0.3 is 0 Å². The average molecular weight is 128 g/mol. The van der Waals surface area contributed by atoms with Crippen LogP contribution >= 0.6 is 0 Å². The molecule has 9 heavy (non-hydrogen) atoms. The summed E-state index contributed by atoms with van der Waals surface area (Å²) < 4.78 is 0. The zero-order chi connectivity index (χ0) is 7.11. The van der Waals surface area contributed by atoms with Gasteiger partial charge in [-0.1, -0.05) is 20.8 Å². The Morgan fingerprint density at radius 2 is 1.67 bits per heavy atom. The first-order chi connectivity index (χ1) is 4.35. The summed E-state index contributed by atoms with van der Waals surface area (Å²) in [5, 5.41) is 4.48. The van der Waals surface area contributed by atoms with E-state index in [1.807, 2.05) is 0 Å². The largest absolute Gasteiger partial charge is 0.238 e. The maximum absolute atomic E-state index is 4.48. The highest BCUT2D eigenvalue weighted by Gasteiger charge is 2.00. The van der Waals surface area contributed by atoms with Crippen molar-refractivity contribution in [1.82, 2.24) is 5.32 Å². The standard InChI is InChI=1S/C8H18N/c1-4-7-9-8(5-2)6-3/h8H,4-7H2,1-3H3. The quantitative estimate of drug-likeness (QED) is 0.539. The Labute approximate surface area is 58.8 Å². The van der Waals surface area contributed by atoms with Gasteiger partial charge in [-0.3, -0.25) is 0 Å². The summed E-state index contributed by atoms with van der Waals surface area (Å²) >= 11 is 0. The predicted molar refractivity (Wildman–Crippen MR) is 41.7 cm³/mol. The van der Waals surface area contributed by atoms with E-state index in [-0.39, 0.29) is 0 Å². The minimum atomic E-state index is 0.630. The van der Waals surface area contributed by atoms with Crippen molar-refractivity contribution in [2.75, 3.05) is 6.54 Å². The third-order valence-corrected chi connectivity index (χ3v) is 1.55. The van der Waals surface area contributed by atoms with Gasteiger partial charge in [0.05, 0.1) is 0 Å². The molecule has 0 bridgehead atoms. The van der Waals surface area contributed by atoms with Crippen LogP contribution in [0.5, 0.6) is 0 Å². The van der Waals surface area contributed by atoms with Crippen LogP contribution in [0.15, 0.2) is 0 Å². The molecule has 0 aromatic heterocycles. The normalized spacial score (nSPS) is 10.7. The first-order valence-electron chi connectivity index (χ1n) is 4.01. The SMILES string of the molecule is CCC[N]C(CC)CC. The Morgan fingerprint density at radius 3 is 2.00 bits per heavy atom. The molecule has 55 valence electrons. The Hall–Kier alpha value is -0.0400. The second-order valence-electron chi connectivity index (χ2n) is 2.38. The van der Waals surface area contributed by atoms with Crippen LogP contribution in [0.1, 0.15) is 40.0 Å². The molecule has 0 saturated heterocycles. The lowest BCUT2D eigenvalue weighted by Crippen LogP contribution is -2.20. The lowest BCUT2D eigenvalue weighted by molar-refractivity contribution is 0.475. The first kappa shape index (κ1) is 8.96. The van der Waals surface area contributed by atoms with E-state index < -0.39 is 0 Å². The van der Waals surface area contributed by atoms with Crippen LogP contribution < -0.4 is 5.32 Å². The molecule has 0 fully saturated rings. The van der Waals surface area contributed by atoms with Crippen LogP contribution in [-0.2, 0) is 0 Å². The van der Waals surface area contributed by atoms with Crippen LogP contribution in [0.2, 0.25) is 0 Å². The fraction of sp³-hybridized carbons (Fsp3) is 1.00. The lowest BCUT2D eigenvalue weighted by Gasteiger charge is -2.10. The minimum absolute atomic E-state index is 0.630. The Morgan fingerprint density at radius 1 is 1.11 bits per heavy atom. The van der Waals surface area contributed by atoms with Crippen molar-refractivity contribution in [3.05, 3.63) is 0 Å². The van der Waals surface area contributed by atoms with Crippen LogP contribution in [0, 0.1) is 0 Å². The fourth-order valence-electron chi connectivity index (χ4n) is 0.859. The summed E-state index contributed by atoms with van der Waals surface area (Å²) in [6, 6.07) is 0.630. The summed E-state index contributed by atoms with van der Waals surface area (Å²) in [6.07, 6.45) is 3.60. The molecule has 0 unspecified atom stereocenters. The highest BCUT2D eigenvalue weighted by atomic mass is 14.9. The summed E-state index contributed by atoms with van der Waals surface area (Å²) in [5.74, 6) is 0. The zero-order valence-electron chi connectivity index (χ0n) is 6.85. The minimum Gasteiger partial charge on any atom is -0.238 e. The number of hydrogen-bond acceptors (Lipinski definition) is 0. The van der Waals surface area contributed by atoms with Crippen molar-refractivity contribution in [1.29, 1.82) is 0 Å². The van der Waals surface area contributed by atoms with Gasteiger partial charge in [0.1, 0.15) is 0 Å². The Balaban J connectivity index is 3.09. The molecule has 1 heteroatoms. The lowest BCUT2D eigenvalue weighted by atomic mass is 10.2. The molecule has 0 saturated carbocycles. The first-order valence-corrected chi connectivity index (χ1v) is 4.01. The molecule has 0 N–H and O–H groups in total. The van der Waals surface area contributed by atoms with Crippen molar-refractivity contribution in [3.8, 4) is 0 Å². The van der Waals surface area contributed by atoms with E-state index in [0.717, 1.165) is 6.54 Å². The smallest absolute Gasteiger partial charge is 0.0240 e. The second kappa shape index (κ2) is 6.09. The van der Waals surface area contributed by atoms with Crippen LogP contribution in [0.25, 0.3) is 0 Å². The molecular weight excluding hydrogens is 110 g/mol. The van der Waals surface area contributed by atoms with Crippen molar-refractivity contribution in [3.63, 3.8) is 0 Å². The molecule has 0 aromatic rings. The highest BCUT2D eigenvalue weighted by Crippen LogP contribution is 1.96. The van der Waals surface area contributed by atoms with Crippen molar-refractivity contribution in [2.45, 2.75) is 46.1 Å². The second-order valence-corrected chi connectivity index (χ2v) is 2.38. The third-order valence-electron chi connectivity index (χ3n) is 1.55. The van der Waals surface area contributed by atoms with Crippen molar-refractivity contribution >= 4 is 0 Å². The molecule has 0 aliphatic heterocycles.